The van der Waals surface area contributed by atoms with E-state index in [9.17, 15) is 47.2 Å². The Bertz CT molecular complexity index is 1270. The number of anilines is 1. The molecule has 14 heteroatoms. The molecule has 1 heterocycles. The highest BCUT2D eigenvalue weighted by atomic mass is 32.2. The number of non-ortho nitro benzene ring substituents is 1. The van der Waals surface area contributed by atoms with Crippen molar-refractivity contribution in [3.8, 4) is 6.07 Å². The van der Waals surface area contributed by atoms with Gasteiger partial charge in [-0.25, -0.2) is 8.42 Å². The first-order valence-corrected chi connectivity index (χ1v) is 11.8. The predicted molar refractivity (Wildman–Crippen MR) is 117 cm³/mol. The van der Waals surface area contributed by atoms with E-state index in [0.717, 1.165) is 9.21 Å². The van der Waals surface area contributed by atoms with Crippen molar-refractivity contribution in [3.05, 3.63) is 62.7 Å². The number of nitro benzene ring substituents is 1. The zero-order chi connectivity index (χ0) is 26.0. The van der Waals surface area contributed by atoms with Crippen LogP contribution in [0.1, 0.15) is 22.3 Å². The maximum absolute atomic E-state index is 14.0. The maximum Gasteiger partial charge on any atom is 0.418 e. The summed E-state index contributed by atoms with van der Waals surface area (Å²) in [5.41, 5.74) is -2.06. The lowest BCUT2D eigenvalue weighted by atomic mass is 9.96. The van der Waals surface area contributed by atoms with Crippen LogP contribution >= 0.6 is 0 Å². The molecule has 0 amide bonds. The lowest BCUT2D eigenvalue weighted by molar-refractivity contribution is -0.385. The number of nitriles is 1. The zero-order valence-corrected chi connectivity index (χ0v) is 19.0. The Labute approximate surface area is 198 Å². The van der Waals surface area contributed by atoms with Gasteiger partial charge in [-0.3, -0.25) is 10.1 Å². The van der Waals surface area contributed by atoms with Crippen LogP contribution in [0.5, 0.6) is 0 Å². The van der Waals surface area contributed by atoms with E-state index < -0.39 is 69.3 Å². The third kappa shape index (κ3) is 5.22. The van der Waals surface area contributed by atoms with Gasteiger partial charge in [-0.1, -0.05) is 12.1 Å². The molecule has 1 aliphatic heterocycles. The summed E-state index contributed by atoms with van der Waals surface area (Å²) < 4.78 is 70.2. The van der Waals surface area contributed by atoms with Gasteiger partial charge in [0.15, 0.2) is 0 Å². The van der Waals surface area contributed by atoms with Crippen LogP contribution in [0, 0.1) is 21.4 Å². The summed E-state index contributed by atoms with van der Waals surface area (Å²) in [7, 11) is -4.73. The van der Waals surface area contributed by atoms with Gasteiger partial charge in [0.2, 0.25) is 10.0 Å². The number of aliphatic hydroxyl groups excluding tert-OH is 2. The third-order valence-electron chi connectivity index (χ3n) is 5.60. The molecule has 0 radical (unpaired) electrons. The second kappa shape index (κ2) is 10.2. The second-order valence-electron chi connectivity index (χ2n) is 7.67. The largest absolute Gasteiger partial charge is 0.418 e. The number of fused-ring (bicyclic) bond motifs is 1. The van der Waals surface area contributed by atoms with Gasteiger partial charge in [-0.15, -0.1) is 0 Å². The molecule has 0 unspecified atom stereocenters. The highest BCUT2D eigenvalue weighted by Crippen LogP contribution is 2.44. The Hall–Kier alpha value is -3.25. The lowest BCUT2D eigenvalue weighted by Gasteiger charge is -2.32. The van der Waals surface area contributed by atoms with Crippen molar-refractivity contribution in [2.24, 2.45) is 0 Å². The average molecular weight is 514 g/mol. The molecule has 3 rings (SSSR count). The number of nitrogens with zero attached hydrogens (tertiary/aromatic N) is 4. The first kappa shape index (κ1) is 26.4. The van der Waals surface area contributed by atoms with Gasteiger partial charge in [0.1, 0.15) is 4.90 Å². The van der Waals surface area contributed by atoms with Crippen molar-refractivity contribution in [1.29, 1.82) is 5.26 Å². The highest BCUT2D eigenvalue weighted by Gasteiger charge is 2.42. The molecule has 0 aromatic heterocycles. The van der Waals surface area contributed by atoms with Crippen molar-refractivity contribution in [1.82, 2.24) is 4.31 Å². The van der Waals surface area contributed by atoms with E-state index in [4.69, 9.17) is 0 Å². The SMILES string of the molecule is N#Cc1cccc2c1CCN(S(=O)(=O)c1cc([N+](=O)[O-])cc(C(F)(F)F)c1N(CCO)CCO)C2. The molecule has 188 valence electrons. The number of alkyl halides is 3. The van der Waals surface area contributed by atoms with E-state index in [-0.39, 0.29) is 25.6 Å². The minimum absolute atomic E-state index is 0.117. The fraction of sp³-hybridized carbons (Fsp3) is 0.381. The molecule has 1 aliphatic rings. The van der Waals surface area contributed by atoms with Crippen LogP contribution in [-0.2, 0) is 29.2 Å². The molecule has 10 nitrogen and oxygen atoms in total. The van der Waals surface area contributed by atoms with Crippen molar-refractivity contribution in [2.45, 2.75) is 24.0 Å². The van der Waals surface area contributed by atoms with Gasteiger partial charge in [0, 0.05) is 38.3 Å². The molecule has 0 fully saturated rings. The fourth-order valence-corrected chi connectivity index (χ4v) is 5.72. The summed E-state index contributed by atoms with van der Waals surface area (Å²) in [6, 6.07) is 7.53. The molecule has 2 N–H and O–H groups in total. The molecule has 0 atom stereocenters. The Balaban J connectivity index is 2.25. The molecular formula is C21H21F3N4O6S. The number of aliphatic hydroxyl groups is 2. The number of nitro groups is 1. The zero-order valence-electron chi connectivity index (χ0n) is 18.2. The van der Waals surface area contributed by atoms with E-state index in [1.165, 1.54) is 0 Å². The van der Waals surface area contributed by atoms with Gasteiger partial charge >= 0.3 is 6.18 Å². The summed E-state index contributed by atoms with van der Waals surface area (Å²) in [5.74, 6) is 0. The number of benzene rings is 2. The van der Waals surface area contributed by atoms with Crippen LogP contribution in [0.25, 0.3) is 0 Å². The number of rotatable bonds is 8. The Morgan fingerprint density at radius 3 is 2.40 bits per heavy atom. The maximum atomic E-state index is 14.0. The van der Waals surface area contributed by atoms with Crippen LogP contribution < -0.4 is 4.90 Å². The van der Waals surface area contributed by atoms with Gasteiger partial charge in [0.05, 0.1) is 41.0 Å². The van der Waals surface area contributed by atoms with E-state index in [1.807, 2.05) is 6.07 Å². The highest BCUT2D eigenvalue weighted by molar-refractivity contribution is 7.89. The third-order valence-corrected chi connectivity index (χ3v) is 7.46. The van der Waals surface area contributed by atoms with Crippen LogP contribution in [0.15, 0.2) is 35.2 Å². The fourth-order valence-electron chi connectivity index (χ4n) is 4.05. The molecule has 0 saturated heterocycles. The quantitative estimate of drug-likeness (QED) is 0.402. The number of hydrogen-bond donors (Lipinski definition) is 2. The number of sulfonamides is 1. The molecule has 0 aliphatic carbocycles. The van der Waals surface area contributed by atoms with E-state index in [0.29, 0.717) is 22.8 Å². The Morgan fingerprint density at radius 2 is 1.86 bits per heavy atom. The summed E-state index contributed by atoms with van der Waals surface area (Å²) in [6.45, 7) is -2.67. The van der Waals surface area contributed by atoms with Crippen molar-refractivity contribution in [2.75, 3.05) is 37.7 Å². The molecule has 2 aromatic carbocycles. The monoisotopic (exact) mass is 514 g/mol. The van der Waals surface area contributed by atoms with E-state index in [2.05, 4.69) is 0 Å². The van der Waals surface area contributed by atoms with Gasteiger partial charge in [0.25, 0.3) is 5.69 Å². The summed E-state index contributed by atoms with van der Waals surface area (Å²) in [6.07, 6.45) is -5.06. The standard InChI is InChI=1S/C21H21F3N4O6S/c22-21(23,24)18-10-16(28(31)32)11-19(20(18)26(6-8-29)7-9-30)35(33,34)27-5-4-17-14(12-25)2-1-3-15(17)13-27/h1-3,10-11,29-30H,4-9,13H2. The van der Waals surface area contributed by atoms with Gasteiger partial charge in [-0.05, 0) is 23.6 Å². The van der Waals surface area contributed by atoms with Crippen LogP contribution in [-0.4, -0.2) is 60.7 Å². The summed E-state index contributed by atoms with van der Waals surface area (Å²) in [4.78, 5) is 10.2. The molecular weight excluding hydrogens is 493 g/mol. The minimum Gasteiger partial charge on any atom is -0.395 e. The van der Waals surface area contributed by atoms with Gasteiger partial charge in [-0.2, -0.15) is 22.7 Å². The lowest BCUT2D eigenvalue weighted by Crippen LogP contribution is -2.39. The smallest absolute Gasteiger partial charge is 0.395 e. The summed E-state index contributed by atoms with van der Waals surface area (Å²) >= 11 is 0. The van der Waals surface area contributed by atoms with E-state index >= 15 is 0 Å². The molecule has 35 heavy (non-hydrogen) atoms. The van der Waals surface area contributed by atoms with Crippen LogP contribution in [0.4, 0.5) is 24.5 Å². The first-order chi connectivity index (χ1) is 16.4. The van der Waals surface area contributed by atoms with Crippen LogP contribution in [0.3, 0.4) is 0 Å². The molecule has 2 aromatic rings. The Morgan fingerprint density at radius 1 is 1.20 bits per heavy atom. The number of hydrogen-bond acceptors (Lipinski definition) is 8. The molecule has 0 saturated carbocycles. The van der Waals surface area contributed by atoms with E-state index in [1.54, 1.807) is 18.2 Å². The first-order valence-electron chi connectivity index (χ1n) is 10.3. The van der Waals surface area contributed by atoms with Gasteiger partial charge < -0.3 is 15.1 Å². The topological polar surface area (TPSA) is 148 Å². The van der Waals surface area contributed by atoms with Crippen molar-refractivity contribution in [3.63, 3.8) is 0 Å². The van der Waals surface area contributed by atoms with Crippen LogP contribution in [0.2, 0.25) is 0 Å². The minimum atomic E-state index is -5.18. The molecule has 0 spiro atoms. The Kier molecular flexibility index (Phi) is 7.65. The summed E-state index contributed by atoms with van der Waals surface area (Å²) in [5, 5.41) is 39.4. The van der Waals surface area contributed by atoms with Crippen molar-refractivity contribution < 1.29 is 36.7 Å². The number of halogens is 3. The average Bonchev–Trinajstić information content (AvgIpc) is 2.81. The normalized spacial score (nSPS) is 14.3. The predicted octanol–water partition coefficient (Wildman–Crippen LogP) is 2.02. The second-order valence-corrected chi connectivity index (χ2v) is 9.58. The van der Waals surface area contributed by atoms with Crippen molar-refractivity contribution >= 4 is 21.4 Å². The molecule has 0 bridgehead atoms.